The Morgan fingerprint density at radius 1 is 0.242 bits per heavy atom. The van der Waals surface area contributed by atoms with E-state index in [-0.39, 0.29) is 0 Å². The van der Waals surface area contributed by atoms with Crippen LogP contribution in [0.25, 0.3) is 122 Å². The van der Waals surface area contributed by atoms with Crippen molar-refractivity contribution >= 4 is 54.4 Å². The van der Waals surface area contributed by atoms with E-state index in [0.29, 0.717) is 17.6 Å². The number of hydrogen-bond donors (Lipinski definition) is 0. The first-order valence-electron chi connectivity index (χ1n) is 22.3. The molecule has 3 heterocycles. The average Bonchev–Trinajstić information content (AvgIpc) is 3.90. The molecule has 0 atom stereocenters. The molecule has 13 aromatic rings. The summed E-state index contributed by atoms with van der Waals surface area (Å²) in [6.45, 7) is 0. The van der Waals surface area contributed by atoms with Crippen LogP contribution in [0.5, 0.6) is 0 Å². The molecule has 0 aliphatic carbocycles. The van der Waals surface area contributed by atoms with Gasteiger partial charge in [0, 0.05) is 38.1 Å². The minimum atomic E-state index is 0.569. The van der Waals surface area contributed by atoms with Crippen molar-refractivity contribution in [1.29, 1.82) is 0 Å². The Labute approximate surface area is 381 Å². The van der Waals surface area contributed by atoms with Gasteiger partial charge in [-0.15, -0.1) is 0 Å². The van der Waals surface area contributed by atoms with E-state index in [1.54, 1.807) is 0 Å². The van der Waals surface area contributed by atoms with E-state index >= 15 is 0 Å². The second-order valence-corrected chi connectivity index (χ2v) is 16.8. The minimum absolute atomic E-state index is 0.569. The van der Waals surface area contributed by atoms with Crippen molar-refractivity contribution in [3.63, 3.8) is 0 Å². The zero-order valence-corrected chi connectivity index (χ0v) is 35.8. The van der Waals surface area contributed by atoms with Crippen LogP contribution >= 0.6 is 0 Å². The van der Waals surface area contributed by atoms with E-state index in [2.05, 4.69) is 209 Å². The van der Waals surface area contributed by atoms with Crippen molar-refractivity contribution in [2.24, 2.45) is 0 Å². The van der Waals surface area contributed by atoms with Gasteiger partial charge in [0.05, 0.1) is 27.8 Å². The van der Waals surface area contributed by atoms with Gasteiger partial charge in [0.2, 0.25) is 5.95 Å². The zero-order valence-electron chi connectivity index (χ0n) is 35.8. The molecule has 0 radical (unpaired) electrons. The molecule has 0 spiro atoms. The molecule has 3 aromatic heterocycles. The van der Waals surface area contributed by atoms with Gasteiger partial charge in [-0.25, -0.2) is 4.98 Å². The summed E-state index contributed by atoms with van der Waals surface area (Å²) in [5.41, 5.74) is 14.4. The lowest BCUT2D eigenvalue weighted by Gasteiger charge is -2.12. The molecule has 308 valence electrons. The summed E-state index contributed by atoms with van der Waals surface area (Å²) in [5.74, 6) is 1.82. The summed E-state index contributed by atoms with van der Waals surface area (Å²) in [4.78, 5) is 15.4. The number of aromatic nitrogens is 5. The standard InChI is InChI=1S/C61H39N5/c1-5-16-40(17-6-1)45-28-32-55-50(36-45)51-38-47(30-33-56(51)65(55)54-27-15-25-42-20-13-14-26-49(42)54)48-31-35-58-53(39-48)52-37-46(41-18-7-2-8-19-41)29-34-57(52)66(58)61-63-59(43-21-9-3-10-22-43)62-60(64-61)44-23-11-4-12-24-44/h1-39H. The van der Waals surface area contributed by atoms with Crippen LogP contribution in [0.1, 0.15) is 0 Å². The minimum Gasteiger partial charge on any atom is -0.309 e. The fraction of sp³-hybridized carbons (Fsp3) is 0. The molecule has 66 heavy (non-hydrogen) atoms. The maximum absolute atomic E-state index is 5.21. The van der Waals surface area contributed by atoms with Gasteiger partial charge in [-0.2, -0.15) is 9.97 Å². The summed E-state index contributed by atoms with van der Waals surface area (Å²) in [6, 6.07) is 84.3. The third-order valence-corrected chi connectivity index (χ3v) is 13.0. The van der Waals surface area contributed by atoms with E-state index in [0.717, 1.165) is 55.2 Å². The monoisotopic (exact) mass is 841 g/mol. The van der Waals surface area contributed by atoms with Crippen molar-refractivity contribution in [3.8, 4) is 67.8 Å². The Kier molecular flexibility index (Phi) is 8.78. The van der Waals surface area contributed by atoms with Gasteiger partial charge in [-0.1, -0.05) is 182 Å². The molecule has 0 unspecified atom stereocenters. The Bertz CT molecular complexity index is 3900. The fourth-order valence-electron chi connectivity index (χ4n) is 9.80. The van der Waals surface area contributed by atoms with Crippen molar-refractivity contribution in [2.75, 3.05) is 0 Å². The van der Waals surface area contributed by atoms with Crippen molar-refractivity contribution < 1.29 is 0 Å². The van der Waals surface area contributed by atoms with Crippen LogP contribution in [0.15, 0.2) is 237 Å². The lowest BCUT2D eigenvalue weighted by atomic mass is 9.98. The molecule has 5 heteroatoms. The summed E-state index contributed by atoms with van der Waals surface area (Å²) in [6.07, 6.45) is 0. The lowest BCUT2D eigenvalue weighted by Crippen LogP contribution is -2.06. The molecule has 0 saturated heterocycles. The average molecular weight is 842 g/mol. The summed E-state index contributed by atoms with van der Waals surface area (Å²) >= 11 is 0. The van der Waals surface area contributed by atoms with Gasteiger partial charge in [0.15, 0.2) is 11.6 Å². The summed E-state index contributed by atoms with van der Waals surface area (Å²) in [7, 11) is 0. The maximum atomic E-state index is 5.21. The first-order valence-corrected chi connectivity index (χ1v) is 22.3. The SMILES string of the molecule is c1ccc(-c2ccc3c(c2)c2cc(-c4ccc5c(c4)c4cc(-c6ccccc6)ccc4n5-c4cccc5ccccc45)ccc2n3-c2nc(-c3ccccc3)nc(-c3ccccc3)n2)cc1. The third kappa shape index (κ3) is 6.28. The van der Waals surface area contributed by atoms with Crippen LogP contribution in [-0.2, 0) is 0 Å². The van der Waals surface area contributed by atoms with Crippen LogP contribution in [0.3, 0.4) is 0 Å². The number of rotatable bonds is 7. The molecular weight excluding hydrogens is 803 g/mol. The smallest absolute Gasteiger partial charge is 0.238 e. The normalized spacial score (nSPS) is 11.6. The second-order valence-electron chi connectivity index (χ2n) is 16.8. The number of nitrogens with zero attached hydrogens (tertiary/aromatic N) is 5. The van der Waals surface area contributed by atoms with Gasteiger partial charge in [-0.3, -0.25) is 4.57 Å². The molecule has 0 aliphatic rings. The van der Waals surface area contributed by atoms with Crippen molar-refractivity contribution in [2.45, 2.75) is 0 Å². The predicted molar refractivity (Wildman–Crippen MR) is 273 cm³/mol. The predicted octanol–water partition coefficient (Wildman–Crippen LogP) is 15.6. The third-order valence-electron chi connectivity index (χ3n) is 13.0. The highest BCUT2D eigenvalue weighted by atomic mass is 15.2. The van der Waals surface area contributed by atoms with Gasteiger partial charge in [0.1, 0.15) is 0 Å². The van der Waals surface area contributed by atoms with Gasteiger partial charge in [0.25, 0.3) is 0 Å². The number of hydrogen-bond acceptors (Lipinski definition) is 3. The molecule has 0 amide bonds. The van der Waals surface area contributed by atoms with Gasteiger partial charge in [-0.05, 0) is 93.4 Å². The van der Waals surface area contributed by atoms with E-state index in [1.165, 1.54) is 49.4 Å². The van der Waals surface area contributed by atoms with Gasteiger partial charge < -0.3 is 4.57 Å². The highest BCUT2D eigenvalue weighted by molar-refractivity contribution is 6.14. The van der Waals surface area contributed by atoms with Crippen molar-refractivity contribution in [3.05, 3.63) is 237 Å². The molecule has 10 aromatic carbocycles. The van der Waals surface area contributed by atoms with Crippen LogP contribution in [0, 0.1) is 0 Å². The molecular formula is C61H39N5. The first-order chi connectivity index (χ1) is 32.7. The Hall–Kier alpha value is -8.93. The largest absolute Gasteiger partial charge is 0.309 e. The highest BCUT2D eigenvalue weighted by Crippen LogP contribution is 2.41. The zero-order chi connectivity index (χ0) is 43.6. The molecule has 13 rings (SSSR count). The van der Waals surface area contributed by atoms with Gasteiger partial charge >= 0.3 is 0 Å². The molecule has 5 nitrogen and oxygen atoms in total. The van der Waals surface area contributed by atoms with Crippen LogP contribution < -0.4 is 0 Å². The summed E-state index contributed by atoms with van der Waals surface area (Å²) in [5, 5.41) is 7.09. The van der Waals surface area contributed by atoms with Crippen molar-refractivity contribution in [1.82, 2.24) is 24.1 Å². The van der Waals surface area contributed by atoms with Crippen LogP contribution in [0.2, 0.25) is 0 Å². The fourth-order valence-corrected chi connectivity index (χ4v) is 9.80. The molecule has 0 N–H and O–H groups in total. The van der Waals surface area contributed by atoms with Crippen LogP contribution in [0.4, 0.5) is 0 Å². The molecule has 0 aliphatic heterocycles. The molecule has 0 fully saturated rings. The van der Waals surface area contributed by atoms with E-state index in [4.69, 9.17) is 15.0 Å². The van der Waals surface area contributed by atoms with Crippen LogP contribution in [-0.4, -0.2) is 24.1 Å². The quantitative estimate of drug-likeness (QED) is 0.161. The Balaban J connectivity index is 1.04. The Morgan fingerprint density at radius 3 is 1.06 bits per heavy atom. The van der Waals surface area contributed by atoms with E-state index in [9.17, 15) is 0 Å². The number of benzene rings is 10. The summed E-state index contributed by atoms with van der Waals surface area (Å²) < 4.78 is 4.64. The second kappa shape index (κ2) is 15.4. The molecule has 0 saturated carbocycles. The van der Waals surface area contributed by atoms with E-state index < -0.39 is 0 Å². The highest BCUT2D eigenvalue weighted by Gasteiger charge is 2.21. The number of fused-ring (bicyclic) bond motifs is 7. The Morgan fingerprint density at radius 2 is 0.606 bits per heavy atom. The topological polar surface area (TPSA) is 48.5 Å². The van der Waals surface area contributed by atoms with E-state index in [1.807, 2.05) is 36.4 Å². The molecule has 0 bridgehead atoms. The maximum Gasteiger partial charge on any atom is 0.238 e. The first kappa shape index (κ1) is 37.6. The lowest BCUT2D eigenvalue weighted by molar-refractivity contribution is 0.953.